The van der Waals surface area contributed by atoms with Crippen molar-refractivity contribution in [2.24, 2.45) is 0 Å². The molecule has 20 heavy (non-hydrogen) atoms. The first-order valence-electron chi connectivity index (χ1n) is 6.80. The number of aromatic nitrogens is 1. The maximum Gasteiger partial charge on any atom is 0.244 e. The van der Waals surface area contributed by atoms with E-state index in [9.17, 15) is 8.42 Å². The van der Waals surface area contributed by atoms with E-state index in [1.54, 1.807) is 12.1 Å². The van der Waals surface area contributed by atoms with Crippen LogP contribution < -0.4 is 10.6 Å². The predicted octanol–water partition coefficient (Wildman–Crippen LogP) is 0.884. The molecule has 0 aliphatic carbocycles. The van der Waals surface area contributed by atoms with Crippen LogP contribution in [0.4, 0.5) is 5.82 Å². The summed E-state index contributed by atoms with van der Waals surface area (Å²) in [6.07, 6.45) is 3.63. The van der Waals surface area contributed by atoms with Crippen molar-refractivity contribution in [2.75, 3.05) is 26.0 Å². The van der Waals surface area contributed by atoms with Gasteiger partial charge < -0.3 is 10.6 Å². The molecule has 2 unspecified atom stereocenters. The summed E-state index contributed by atoms with van der Waals surface area (Å²) in [4.78, 5) is 4.42. The molecule has 6 nitrogen and oxygen atoms in total. The Morgan fingerprint density at radius 2 is 2.15 bits per heavy atom. The lowest BCUT2D eigenvalue weighted by atomic mass is 10.00. The average molecular weight is 298 g/mol. The molecule has 1 aliphatic rings. The van der Waals surface area contributed by atoms with Gasteiger partial charge in [0, 0.05) is 32.4 Å². The predicted molar refractivity (Wildman–Crippen MR) is 79.2 cm³/mol. The highest BCUT2D eigenvalue weighted by molar-refractivity contribution is 7.89. The number of sulfonamides is 1. The first-order valence-corrected chi connectivity index (χ1v) is 8.24. The van der Waals surface area contributed by atoms with Gasteiger partial charge in [-0.3, -0.25) is 0 Å². The van der Waals surface area contributed by atoms with E-state index in [4.69, 9.17) is 0 Å². The lowest BCUT2D eigenvalue weighted by Crippen LogP contribution is -2.46. The Morgan fingerprint density at radius 1 is 1.40 bits per heavy atom. The number of hydrogen-bond acceptors (Lipinski definition) is 5. The summed E-state index contributed by atoms with van der Waals surface area (Å²) >= 11 is 0. The van der Waals surface area contributed by atoms with Crippen molar-refractivity contribution in [2.45, 2.75) is 36.7 Å². The zero-order chi connectivity index (χ0) is 14.8. The number of nitrogens with zero attached hydrogens (tertiary/aromatic N) is 2. The fraction of sp³-hybridized carbons (Fsp3) is 0.615. The minimum atomic E-state index is -3.41. The maximum absolute atomic E-state index is 11.9. The number of hydrogen-bond donors (Lipinski definition) is 2. The van der Waals surface area contributed by atoms with Crippen molar-refractivity contribution in [1.82, 2.24) is 14.6 Å². The zero-order valence-electron chi connectivity index (χ0n) is 12.1. The number of nitrogens with one attached hydrogen (secondary N) is 2. The van der Waals surface area contributed by atoms with Crippen molar-refractivity contribution in [3.8, 4) is 0 Å². The van der Waals surface area contributed by atoms with E-state index >= 15 is 0 Å². The Kier molecular flexibility index (Phi) is 4.62. The second-order valence-corrected chi connectivity index (χ2v) is 7.45. The Labute approximate surface area is 120 Å². The fourth-order valence-electron chi connectivity index (χ4n) is 2.26. The third-order valence-corrected chi connectivity index (χ3v) is 5.41. The molecule has 1 aromatic heterocycles. The molecule has 2 N–H and O–H groups in total. The largest absolute Gasteiger partial charge is 0.366 e. The van der Waals surface area contributed by atoms with Crippen LogP contribution in [0.25, 0.3) is 0 Å². The summed E-state index contributed by atoms with van der Waals surface area (Å²) in [6.45, 7) is 3.19. The molecule has 0 bridgehead atoms. The lowest BCUT2D eigenvalue weighted by molar-refractivity contribution is 0.389. The first-order chi connectivity index (χ1) is 9.41. The molecular weight excluding hydrogens is 276 g/mol. The summed E-state index contributed by atoms with van der Waals surface area (Å²) in [5.74, 6) is 0.711. The first kappa shape index (κ1) is 15.2. The second kappa shape index (κ2) is 6.07. The molecule has 112 valence electrons. The third-order valence-electron chi connectivity index (χ3n) is 3.61. The SMILES string of the molecule is CC1NCCCC1Nc1ccc(S(=O)(=O)N(C)C)cn1. The van der Waals surface area contributed by atoms with Crippen LogP contribution in [0.1, 0.15) is 19.8 Å². The molecule has 1 aliphatic heterocycles. The van der Waals surface area contributed by atoms with E-state index in [2.05, 4.69) is 22.5 Å². The molecule has 0 spiro atoms. The van der Waals surface area contributed by atoms with E-state index in [0.717, 1.165) is 19.4 Å². The van der Waals surface area contributed by atoms with Gasteiger partial charge in [-0.05, 0) is 38.4 Å². The Balaban J connectivity index is 2.09. The standard InChI is InChI=1S/C13H22N4O2S/c1-10-12(5-4-8-14-10)16-13-7-6-11(9-15-13)20(18,19)17(2)3/h6-7,9-10,12,14H,4-5,8H2,1-3H3,(H,15,16). The average Bonchev–Trinajstić information content (AvgIpc) is 2.42. The smallest absolute Gasteiger partial charge is 0.244 e. The normalized spacial score (nSPS) is 23.8. The molecular formula is C13H22N4O2S. The van der Waals surface area contributed by atoms with Gasteiger partial charge >= 0.3 is 0 Å². The van der Waals surface area contributed by atoms with Crippen LogP contribution in [0, 0.1) is 0 Å². The fourth-order valence-corrected chi connectivity index (χ4v) is 3.11. The van der Waals surface area contributed by atoms with Crippen LogP contribution in [-0.2, 0) is 10.0 Å². The van der Waals surface area contributed by atoms with Crippen molar-refractivity contribution in [1.29, 1.82) is 0 Å². The Bertz CT molecular complexity index is 542. The van der Waals surface area contributed by atoms with Crippen LogP contribution in [0.15, 0.2) is 23.2 Å². The molecule has 1 fully saturated rings. The number of pyridine rings is 1. The van der Waals surface area contributed by atoms with Gasteiger partial charge in [-0.25, -0.2) is 17.7 Å². The molecule has 0 aromatic carbocycles. The Morgan fingerprint density at radius 3 is 2.70 bits per heavy atom. The van der Waals surface area contributed by atoms with E-state index in [1.165, 1.54) is 24.6 Å². The molecule has 2 heterocycles. The molecule has 0 amide bonds. The quantitative estimate of drug-likeness (QED) is 0.863. The van der Waals surface area contributed by atoms with E-state index < -0.39 is 10.0 Å². The summed E-state index contributed by atoms with van der Waals surface area (Å²) in [7, 11) is -0.385. The van der Waals surface area contributed by atoms with Gasteiger partial charge in [0.15, 0.2) is 0 Å². The highest BCUT2D eigenvalue weighted by Crippen LogP contribution is 2.17. The number of rotatable bonds is 4. The van der Waals surface area contributed by atoms with Crippen LogP contribution in [0.3, 0.4) is 0 Å². The highest BCUT2D eigenvalue weighted by Gasteiger charge is 2.21. The Hall–Kier alpha value is -1.18. The molecule has 0 saturated carbocycles. The third kappa shape index (κ3) is 3.28. The monoisotopic (exact) mass is 298 g/mol. The molecule has 1 aromatic rings. The topological polar surface area (TPSA) is 74.3 Å². The summed E-state index contributed by atoms with van der Waals surface area (Å²) in [5.41, 5.74) is 0. The summed E-state index contributed by atoms with van der Waals surface area (Å²) < 4.78 is 25.1. The van der Waals surface area contributed by atoms with Gasteiger partial charge in [0.2, 0.25) is 10.0 Å². The van der Waals surface area contributed by atoms with Gasteiger partial charge in [-0.1, -0.05) is 0 Å². The number of piperidine rings is 1. The van der Waals surface area contributed by atoms with E-state index in [0.29, 0.717) is 17.9 Å². The minimum Gasteiger partial charge on any atom is -0.366 e. The van der Waals surface area contributed by atoms with Crippen molar-refractivity contribution < 1.29 is 8.42 Å². The minimum absolute atomic E-state index is 0.211. The molecule has 2 atom stereocenters. The van der Waals surface area contributed by atoms with Crippen LogP contribution in [-0.4, -0.2) is 50.4 Å². The molecule has 0 radical (unpaired) electrons. The van der Waals surface area contributed by atoms with Crippen molar-refractivity contribution in [3.63, 3.8) is 0 Å². The van der Waals surface area contributed by atoms with Crippen LogP contribution in [0.5, 0.6) is 0 Å². The van der Waals surface area contributed by atoms with E-state index in [-0.39, 0.29) is 4.90 Å². The van der Waals surface area contributed by atoms with Crippen molar-refractivity contribution in [3.05, 3.63) is 18.3 Å². The van der Waals surface area contributed by atoms with Crippen LogP contribution >= 0.6 is 0 Å². The van der Waals surface area contributed by atoms with Gasteiger partial charge in [-0.15, -0.1) is 0 Å². The summed E-state index contributed by atoms with van der Waals surface area (Å²) in [5, 5.41) is 6.77. The van der Waals surface area contributed by atoms with Gasteiger partial charge in [0.1, 0.15) is 10.7 Å². The number of anilines is 1. The molecule has 1 saturated heterocycles. The zero-order valence-corrected chi connectivity index (χ0v) is 12.9. The van der Waals surface area contributed by atoms with Crippen molar-refractivity contribution >= 4 is 15.8 Å². The highest BCUT2D eigenvalue weighted by atomic mass is 32.2. The lowest BCUT2D eigenvalue weighted by Gasteiger charge is -2.31. The summed E-state index contributed by atoms with van der Waals surface area (Å²) in [6, 6.07) is 4.02. The maximum atomic E-state index is 11.9. The second-order valence-electron chi connectivity index (χ2n) is 5.30. The molecule has 2 rings (SSSR count). The van der Waals surface area contributed by atoms with Gasteiger partial charge in [-0.2, -0.15) is 0 Å². The van der Waals surface area contributed by atoms with Crippen LogP contribution in [0.2, 0.25) is 0 Å². The van der Waals surface area contributed by atoms with E-state index in [1.807, 2.05) is 0 Å². The van der Waals surface area contributed by atoms with Gasteiger partial charge in [0.25, 0.3) is 0 Å². The van der Waals surface area contributed by atoms with Gasteiger partial charge in [0.05, 0.1) is 0 Å². The molecule has 7 heteroatoms.